The SMILES string of the molecule is CC1C(C23[B]C(CCC2)CCC3)CC2C[C@H]1C2(C)C. The van der Waals surface area contributed by atoms with Crippen molar-refractivity contribution in [2.75, 3.05) is 0 Å². The van der Waals surface area contributed by atoms with Gasteiger partial charge in [0.15, 0.2) is 0 Å². The summed E-state index contributed by atoms with van der Waals surface area (Å²) in [6, 6.07) is 0. The zero-order chi connectivity index (χ0) is 13.3. The van der Waals surface area contributed by atoms with E-state index in [0.29, 0.717) is 10.7 Å². The maximum absolute atomic E-state index is 2.87. The smallest absolute Gasteiger partial charge is 0.0682 e. The summed E-state index contributed by atoms with van der Waals surface area (Å²) in [5, 5.41) is 0.675. The first-order chi connectivity index (χ1) is 9.03. The van der Waals surface area contributed by atoms with Crippen LogP contribution < -0.4 is 0 Å². The molecule has 2 saturated heterocycles. The fourth-order valence-corrected chi connectivity index (χ4v) is 6.86. The minimum absolute atomic E-state index is 0.662. The lowest BCUT2D eigenvalue weighted by atomic mass is 9.28. The standard InChI is InChI=1S/C18H30B/c1-12-15-10-13(17(15,2)3)11-16(12)18-8-4-6-14(19-18)7-5-9-18/h12-16H,4-11H2,1-3H3/t12?,13?,14?,15-,16?,18?/m1/s1. The molecule has 0 aromatic heterocycles. The number of fused-ring (bicyclic) bond motifs is 5. The van der Waals surface area contributed by atoms with Crippen LogP contribution in [0, 0.1) is 29.1 Å². The first-order valence-corrected chi connectivity index (χ1v) is 8.89. The zero-order valence-corrected chi connectivity index (χ0v) is 13.1. The van der Waals surface area contributed by atoms with Gasteiger partial charge in [-0.05, 0) is 41.9 Å². The number of hydrogen-bond donors (Lipinski definition) is 0. The lowest BCUT2D eigenvalue weighted by Crippen LogP contribution is -2.58. The Morgan fingerprint density at radius 2 is 1.58 bits per heavy atom. The van der Waals surface area contributed by atoms with Crippen LogP contribution in [0.4, 0.5) is 0 Å². The zero-order valence-electron chi connectivity index (χ0n) is 13.1. The van der Waals surface area contributed by atoms with Crippen LogP contribution in [-0.4, -0.2) is 7.28 Å². The van der Waals surface area contributed by atoms with Crippen LogP contribution >= 0.6 is 0 Å². The molecular weight excluding hydrogens is 227 g/mol. The largest absolute Gasteiger partial charge is 0.122 e. The molecule has 105 valence electrons. The minimum atomic E-state index is 0.662. The third kappa shape index (κ3) is 1.66. The Morgan fingerprint density at radius 3 is 2.16 bits per heavy atom. The summed E-state index contributed by atoms with van der Waals surface area (Å²) in [4.78, 5) is 0. The van der Waals surface area contributed by atoms with Crippen molar-refractivity contribution >= 4 is 7.28 Å². The van der Waals surface area contributed by atoms with Gasteiger partial charge in [-0.2, -0.15) is 0 Å². The van der Waals surface area contributed by atoms with Gasteiger partial charge in [0.1, 0.15) is 7.28 Å². The van der Waals surface area contributed by atoms with Gasteiger partial charge in [0.05, 0.1) is 0 Å². The van der Waals surface area contributed by atoms with Crippen LogP contribution in [0.3, 0.4) is 0 Å². The monoisotopic (exact) mass is 257 g/mol. The summed E-state index contributed by atoms with van der Waals surface area (Å²) in [6.07, 6.45) is 12.2. The van der Waals surface area contributed by atoms with E-state index in [0.717, 1.165) is 29.5 Å². The van der Waals surface area contributed by atoms with Crippen molar-refractivity contribution < 1.29 is 0 Å². The molecule has 0 amide bonds. The van der Waals surface area contributed by atoms with Gasteiger partial charge in [0.25, 0.3) is 0 Å². The average Bonchev–Trinajstić information content (AvgIpc) is 2.38. The highest BCUT2D eigenvalue weighted by Crippen LogP contribution is 2.70. The lowest BCUT2D eigenvalue weighted by molar-refractivity contribution is -0.140. The van der Waals surface area contributed by atoms with Crippen molar-refractivity contribution in [3.8, 4) is 0 Å². The maximum Gasteiger partial charge on any atom is 0.122 e. The molecule has 5 fully saturated rings. The summed E-state index contributed by atoms with van der Waals surface area (Å²) < 4.78 is 0. The van der Waals surface area contributed by atoms with Gasteiger partial charge in [-0.25, -0.2) is 0 Å². The fraction of sp³-hybridized carbons (Fsp3) is 1.00. The van der Waals surface area contributed by atoms with Gasteiger partial charge in [-0.3, -0.25) is 0 Å². The van der Waals surface area contributed by atoms with E-state index in [2.05, 4.69) is 28.1 Å². The molecule has 3 aliphatic carbocycles. The van der Waals surface area contributed by atoms with E-state index in [1.807, 2.05) is 0 Å². The molecule has 5 rings (SSSR count). The molecule has 3 saturated carbocycles. The van der Waals surface area contributed by atoms with Crippen LogP contribution in [0.25, 0.3) is 0 Å². The highest BCUT2D eigenvalue weighted by atomic mass is 14.6. The number of hydrogen-bond acceptors (Lipinski definition) is 0. The van der Waals surface area contributed by atoms with E-state index in [-0.39, 0.29) is 0 Å². The second-order valence-electron chi connectivity index (χ2n) is 9.01. The summed E-state index contributed by atoms with van der Waals surface area (Å²) >= 11 is 0. The quantitative estimate of drug-likeness (QED) is 0.557. The summed E-state index contributed by atoms with van der Waals surface area (Å²) in [5.41, 5.74) is 0.662. The Hall–Kier alpha value is 0.0649. The predicted octanol–water partition coefficient (Wildman–Crippen LogP) is 5.32. The van der Waals surface area contributed by atoms with Gasteiger partial charge in [-0.15, -0.1) is 0 Å². The van der Waals surface area contributed by atoms with E-state index in [9.17, 15) is 0 Å². The van der Waals surface area contributed by atoms with E-state index in [1.54, 1.807) is 12.8 Å². The Balaban J connectivity index is 1.59. The van der Waals surface area contributed by atoms with Crippen molar-refractivity contribution in [3.63, 3.8) is 0 Å². The molecule has 0 aromatic rings. The lowest BCUT2D eigenvalue weighted by Gasteiger charge is -2.66. The van der Waals surface area contributed by atoms with Gasteiger partial charge in [0.2, 0.25) is 0 Å². The molecule has 0 aromatic carbocycles. The first-order valence-electron chi connectivity index (χ1n) is 8.89. The van der Waals surface area contributed by atoms with Gasteiger partial charge in [-0.1, -0.05) is 70.4 Å². The highest BCUT2D eigenvalue weighted by Gasteiger charge is 2.60. The van der Waals surface area contributed by atoms with Crippen LogP contribution in [-0.2, 0) is 0 Å². The normalized spacial score (nSPS) is 55.0. The Labute approximate surface area is 120 Å². The van der Waals surface area contributed by atoms with E-state index in [4.69, 9.17) is 0 Å². The topological polar surface area (TPSA) is 0 Å². The van der Waals surface area contributed by atoms with Crippen LogP contribution in [0.15, 0.2) is 0 Å². The van der Waals surface area contributed by atoms with Crippen molar-refractivity contribution in [2.45, 2.75) is 83.3 Å². The summed E-state index contributed by atoms with van der Waals surface area (Å²) in [6.45, 7) is 7.70. The Kier molecular flexibility index (Phi) is 2.72. The second-order valence-corrected chi connectivity index (χ2v) is 9.01. The molecule has 4 bridgehead atoms. The molecular formula is C18H30B. The number of rotatable bonds is 1. The fourth-order valence-electron chi connectivity index (χ4n) is 6.86. The Bertz CT molecular complexity index is 362. The van der Waals surface area contributed by atoms with Crippen LogP contribution in [0.1, 0.15) is 72.1 Å². The molecule has 0 nitrogen and oxygen atoms in total. The molecule has 19 heavy (non-hydrogen) atoms. The maximum atomic E-state index is 2.87. The van der Waals surface area contributed by atoms with E-state index >= 15 is 0 Å². The highest BCUT2D eigenvalue weighted by molar-refractivity contribution is 6.42. The van der Waals surface area contributed by atoms with Crippen molar-refractivity contribution in [1.29, 1.82) is 0 Å². The third-order valence-electron chi connectivity index (χ3n) is 8.09. The molecule has 2 aliphatic heterocycles. The van der Waals surface area contributed by atoms with E-state index < -0.39 is 0 Å². The molecule has 1 heteroatoms. The molecule has 1 radical (unpaired) electrons. The molecule has 0 spiro atoms. The van der Waals surface area contributed by atoms with Crippen molar-refractivity contribution in [3.05, 3.63) is 0 Å². The first kappa shape index (κ1) is 12.8. The van der Waals surface area contributed by atoms with Gasteiger partial charge >= 0.3 is 0 Å². The second kappa shape index (κ2) is 4.04. The van der Waals surface area contributed by atoms with Gasteiger partial charge < -0.3 is 0 Å². The Morgan fingerprint density at radius 1 is 0.947 bits per heavy atom. The third-order valence-corrected chi connectivity index (χ3v) is 8.09. The molecule has 0 N–H and O–H groups in total. The van der Waals surface area contributed by atoms with Crippen LogP contribution in [0.2, 0.25) is 11.1 Å². The molecule has 5 aliphatic rings. The van der Waals surface area contributed by atoms with Crippen LogP contribution in [0.5, 0.6) is 0 Å². The van der Waals surface area contributed by atoms with E-state index in [1.165, 1.54) is 38.5 Å². The van der Waals surface area contributed by atoms with Gasteiger partial charge in [0, 0.05) is 0 Å². The molecule has 2 heterocycles. The predicted molar refractivity (Wildman–Crippen MR) is 82.5 cm³/mol. The minimum Gasteiger partial charge on any atom is -0.0682 e. The average molecular weight is 257 g/mol. The molecule has 4 atom stereocenters. The van der Waals surface area contributed by atoms with Crippen molar-refractivity contribution in [2.24, 2.45) is 29.1 Å². The summed E-state index contributed by atoms with van der Waals surface area (Å²) in [7, 11) is 2.87. The van der Waals surface area contributed by atoms with Crippen molar-refractivity contribution in [1.82, 2.24) is 0 Å². The molecule has 3 unspecified atom stereocenters. The summed E-state index contributed by atoms with van der Waals surface area (Å²) in [5.74, 6) is 5.08.